The van der Waals surface area contributed by atoms with Crippen LogP contribution in [0.1, 0.15) is 16.8 Å². The molecule has 0 radical (unpaired) electrons. The van der Waals surface area contributed by atoms with Crippen molar-refractivity contribution in [3.63, 3.8) is 0 Å². The summed E-state index contributed by atoms with van der Waals surface area (Å²) < 4.78 is 10.4. The zero-order valence-electron chi connectivity index (χ0n) is 11.6. The molecule has 116 valence electrons. The summed E-state index contributed by atoms with van der Waals surface area (Å²) in [5.41, 5.74) is 0.121. The Hall–Kier alpha value is -1.51. The number of nitrogens with zero attached hydrogens (tertiary/aromatic N) is 1. The van der Waals surface area contributed by atoms with Crippen LogP contribution in [-0.4, -0.2) is 44.3 Å². The zero-order chi connectivity index (χ0) is 15.7. The van der Waals surface area contributed by atoms with Crippen LogP contribution in [0.15, 0.2) is 22.7 Å². The number of methoxy groups -OCH3 is 1. The van der Waals surface area contributed by atoms with Crippen molar-refractivity contribution < 1.29 is 19.2 Å². The van der Waals surface area contributed by atoms with Gasteiger partial charge in [-0.15, -0.1) is 0 Å². The van der Waals surface area contributed by atoms with E-state index in [0.717, 1.165) is 0 Å². The van der Waals surface area contributed by atoms with Gasteiger partial charge in [-0.2, -0.15) is 0 Å². The lowest BCUT2D eigenvalue weighted by atomic mass is 10.2. The van der Waals surface area contributed by atoms with Gasteiger partial charge in [-0.05, 0) is 34.5 Å². The molecule has 1 amide bonds. The van der Waals surface area contributed by atoms with Crippen molar-refractivity contribution in [1.82, 2.24) is 5.32 Å². The van der Waals surface area contributed by atoms with Gasteiger partial charge in [0.15, 0.2) is 0 Å². The molecule has 0 fully saturated rings. The Labute approximate surface area is 130 Å². The molecule has 21 heavy (non-hydrogen) atoms. The maximum Gasteiger partial charge on any atom is 0.284 e. The summed E-state index contributed by atoms with van der Waals surface area (Å²) in [6, 6.07) is 4.26. The highest BCUT2D eigenvalue weighted by Crippen LogP contribution is 2.25. The van der Waals surface area contributed by atoms with Gasteiger partial charge >= 0.3 is 0 Å². The van der Waals surface area contributed by atoms with Crippen LogP contribution in [0.4, 0.5) is 5.69 Å². The van der Waals surface area contributed by atoms with Crippen molar-refractivity contribution in [3.8, 4) is 0 Å². The van der Waals surface area contributed by atoms with Gasteiger partial charge in [-0.3, -0.25) is 14.9 Å². The number of nitro groups is 1. The van der Waals surface area contributed by atoms with Crippen LogP contribution >= 0.6 is 15.9 Å². The second kappa shape index (κ2) is 9.43. The Morgan fingerprint density at radius 1 is 1.38 bits per heavy atom. The van der Waals surface area contributed by atoms with E-state index in [1.165, 1.54) is 18.2 Å². The molecule has 1 rings (SSSR count). The fraction of sp³-hybridized carbons (Fsp3) is 0.462. The van der Waals surface area contributed by atoms with Gasteiger partial charge in [0.05, 0.1) is 22.6 Å². The normalized spacial score (nSPS) is 10.4. The second-order valence-electron chi connectivity index (χ2n) is 4.14. The van der Waals surface area contributed by atoms with Crippen LogP contribution in [-0.2, 0) is 9.47 Å². The molecule has 0 aliphatic heterocycles. The molecule has 0 saturated heterocycles. The van der Waals surface area contributed by atoms with Gasteiger partial charge in [0.25, 0.3) is 11.6 Å². The fourth-order valence-corrected chi connectivity index (χ4v) is 1.91. The summed E-state index contributed by atoms with van der Waals surface area (Å²) in [6.07, 6.45) is 0.661. The zero-order valence-corrected chi connectivity index (χ0v) is 13.2. The van der Waals surface area contributed by atoms with Crippen molar-refractivity contribution >= 4 is 27.5 Å². The Morgan fingerprint density at radius 2 is 2.14 bits per heavy atom. The number of rotatable bonds is 9. The van der Waals surface area contributed by atoms with E-state index in [1.54, 1.807) is 7.11 Å². The number of nitrogens with one attached hydrogen (secondary N) is 1. The van der Waals surface area contributed by atoms with Crippen molar-refractivity contribution in [2.24, 2.45) is 0 Å². The number of ether oxygens (including phenoxy) is 2. The second-order valence-corrected chi connectivity index (χ2v) is 4.99. The first kappa shape index (κ1) is 17.5. The molecule has 0 aliphatic carbocycles. The van der Waals surface area contributed by atoms with E-state index >= 15 is 0 Å². The predicted molar refractivity (Wildman–Crippen MR) is 80.4 cm³/mol. The van der Waals surface area contributed by atoms with Crippen LogP contribution in [0.2, 0.25) is 0 Å². The first-order chi connectivity index (χ1) is 10.1. The van der Waals surface area contributed by atoms with E-state index in [0.29, 0.717) is 37.3 Å². The number of carbonyl (C=O) groups excluding carboxylic acids is 1. The monoisotopic (exact) mass is 360 g/mol. The molecule has 1 aromatic carbocycles. The largest absolute Gasteiger partial charge is 0.382 e. The summed E-state index contributed by atoms with van der Waals surface area (Å²) in [6.45, 7) is 2.01. The maximum absolute atomic E-state index is 11.9. The van der Waals surface area contributed by atoms with Crippen LogP contribution in [0.3, 0.4) is 0 Å². The summed E-state index contributed by atoms with van der Waals surface area (Å²) in [5, 5.41) is 13.5. The lowest BCUT2D eigenvalue weighted by Gasteiger charge is -2.06. The summed E-state index contributed by atoms with van der Waals surface area (Å²) in [4.78, 5) is 22.1. The highest BCUT2D eigenvalue weighted by atomic mass is 79.9. The number of halogens is 1. The Bertz CT molecular complexity index is 495. The Kier molecular flexibility index (Phi) is 7.88. The standard InChI is InChI=1S/C13H17BrN2O5/c1-20-7-8-21-6-2-5-15-13(17)10-3-4-11(14)12(9-10)16(18)19/h3-4,9H,2,5-8H2,1H3,(H,15,17). The molecule has 1 aromatic rings. The Balaban J connectivity index is 2.39. The molecular formula is C13H17BrN2O5. The third-order valence-electron chi connectivity index (χ3n) is 2.59. The van der Waals surface area contributed by atoms with Crippen molar-refractivity contribution in [3.05, 3.63) is 38.3 Å². The lowest BCUT2D eigenvalue weighted by molar-refractivity contribution is -0.385. The summed E-state index contributed by atoms with van der Waals surface area (Å²) >= 11 is 3.07. The fourth-order valence-electron chi connectivity index (χ4n) is 1.52. The minimum Gasteiger partial charge on any atom is -0.382 e. The average Bonchev–Trinajstić information content (AvgIpc) is 2.46. The van der Waals surface area contributed by atoms with Gasteiger partial charge in [0, 0.05) is 31.9 Å². The van der Waals surface area contributed by atoms with E-state index in [1.807, 2.05) is 0 Å². The number of hydrogen-bond acceptors (Lipinski definition) is 5. The van der Waals surface area contributed by atoms with Crippen LogP contribution < -0.4 is 5.32 Å². The van der Waals surface area contributed by atoms with Gasteiger partial charge in [-0.25, -0.2) is 0 Å². The summed E-state index contributed by atoms with van der Waals surface area (Å²) in [5.74, 6) is -0.345. The van der Waals surface area contributed by atoms with Gasteiger partial charge in [-0.1, -0.05) is 0 Å². The molecular weight excluding hydrogens is 344 g/mol. The molecule has 0 spiro atoms. The van der Waals surface area contributed by atoms with E-state index in [4.69, 9.17) is 9.47 Å². The van der Waals surface area contributed by atoms with E-state index in [-0.39, 0.29) is 17.2 Å². The molecule has 0 saturated carbocycles. The molecule has 0 atom stereocenters. The number of benzene rings is 1. The highest BCUT2D eigenvalue weighted by Gasteiger charge is 2.15. The molecule has 0 heterocycles. The molecule has 0 bridgehead atoms. The average molecular weight is 361 g/mol. The van der Waals surface area contributed by atoms with E-state index in [9.17, 15) is 14.9 Å². The van der Waals surface area contributed by atoms with Crippen molar-refractivity contribution in [2.45, 2.75) is 6.42 Å². The molecule has 0 aromatic heterocycles. The third-order valence-corrected chi connectivity index (χ3v) is 3.26. The quantitative estimate of drug-likeness (QED) is 0.413. The SMILES string of the molecule is COCCOCCCNC(=O)c1ccc(Br)c([N+](=O)[O-])c1. The van der Waals surface area contributed by atoms with Crippen molar-refractivity contribution in [2.75, 3.05) is 33.5 Å². The van der Waals surface area contributed by atoms with E-state index in [2.05, 4.69) is 21.2 Å². The topological polar surface area (TPSA) is 90.7 Å². The van der Waals surface area contributed by atoms with Crippen LogP contribution in [0, 0.1) is 10.1 Å². The van der Waals surface area contributed by atoms with Crippen molar-refractivity contribution in [1.29, 1.82) is 0 Å². The molecule has 1 N–H and O–H groups in total. The predicted octanol–water partition coefficient (Wildman–Crippen LogP) is 2.14. The number of amides is 1. The minimum absolute atomic E-state index is 0.134. The number of hydrogen-bond donors (Lipinski definition) is 1. The maximum atomic E-state index is 11.9. The highest BCUT2D eigenvalue weighted by molar-refractivity contribution is 9.10. The van der Waals surface area contributed by atoms with Gasteiger partial charge < -0.3 is 14.8 Å². The molecule has 7 nitrogen and oxygen atoms in total. The van der Waals surface area contributed by atoms with Crippen LogP contribution in [0.25, 0.3) is 0 Å². The molecule has 0 aliphatic rings. The number of nitro benzene ring substituents is 1. The summed E-state index contributed by atoms with van der Waals surface area (Å²) in [7, 11) is 1.60. The van der Waals surface area contributed by atoms with E-state index < -0.39 is 4.92 Å². The number of carbonyl (C=O) groups is 1. The molecule has 0 unspecified atom stereocenters. The van der Waals surface area contributed by atoms with Gasteiger partial charge in [0.2, 0.25) is 0 Å². The lowest BCUT2D eigenvalue weighted by Crippen LogP contribution is -2.25. The Morgan fingerprint density at radius 3 is 2.81 bits per heavy atom. The molecule has 8 heteroatoms. The minimum atomic E-state index is -0.537. The first-order valence-electron chi connectivity index (χ1n) is 6.35. The van der Waals surface area contributed by atoms with Crippen LogP contribution in [0.5, 0.6) is 0 Å². The van der Waals surface area contributed by atoms with Gasteiger partial charge in [0.1, 0.15) is 0 Å². The third kappa shape index (κ3) is 6.19. The smallest absolute Gasteiger partial charge is 0.284 e. The first-order valence-corrected chi connectivity index (χ1v) is 7.14.